The number of nitrogens with zero attached hydrogens (tertiary/aromatic N) is 4. The Kier molecular flexibility index (Phi) is 5.76. The van der Waals surface area contributed by atoms with Crippen LogP contribution in [0.4, 0.5) is 0 Å². The second-order valence-electron chi connectivity index (χ2n) is 5.44. The number of nitrogens with one attached hydrogen (secondary N) is 1. The van der Waals surface area contributed by atoms with Crippen LogP contribution >= 0.6 is 15.9 Å². The van der Waals surface area contributed by atoms with E-state index in [0.29, 0.717) is 19.5 Å². The van der Waals surface area contributed by atoms with Crippen molar-refractivity contribution in [3.8, 4) is 0 Å². The molecule has 120 valence electrons. The van der Waals surface area contributed by atoms with E-state index in [1.807, 2.05) is 31.6 Å². The number of halogens is 1. The van der Waals surface area contributed by atoms with Gasteiger partial charge in [0, 0.05) is 37.9 Å². The summed E-state index contributed by atoms with van der Waals surface area (Å²) in [5, 5.41) is 11.6. The van der Waals surface area contributed by atoms with Crippen LogP contribution in [-0.2, 0) is 17.9 Å². The fraction of sp³-hybridized carbons (Fsp3) is 0.533. The SMILES string of the molecule is Cc1cnn(CCC(=O)NCCCn2nc(C)c(Br)c2C)c1. The summed E-state index contributed by atoms with van der Waals surface area (Å²) < 4.78 is 4.83. The first-order chi connectivity index (χ1) is 10.5. The monoisotopic (exact) mass is 367 g/mol. The van der Waals surface area contributed by atoms with Crippen LogP contribution in [-0.4, -0.2) is 32.0 Å². The fourth-order valence-electron chi connectivity index (χ4n) is 2.24. The molecule has 2 heterocycles. The Morgan fingerprint density at radius 3 is 2.68 bits per heavy atom. The molecule has 7 heteroatoms. The maximum Gasteiger partial charge on any atom is 0.221 e. The lowest BCUT2D eigenvalue weighted by Gasteiger charge is -2.07. The molecule has 0 saturated heterocycles. The van der Waals surface area contributed by atoms with E-state index in [0.717, 1.165) is 34.4 Å². The van der Waals surface area contributed by atoms with E-state index in [2.05, 4.69) is 31.4 Å². The summed E-state index contributed by atoms with van der Waals surface area (Å²) in [4.78, 5) is 11.8. The largest absolute Gasteiger partial charge is 0.356 e. The third-order valence-corrected chi connectivity index (χ3v) is 4.64. The first-order valence-corrected chi connectivity index (χ1v) is 8.22. The highest BCUT2D eigenvalue weighted by atomic mass is 79.9. The highest BCUT2D eigenvalue weighted by Gasteiger charge is 2.08. The lowest BCUT2D eigenvalue weighted by molar-refractivity contribution is -0.121. The Labute approximate surface area is 139 Å². The highest BCUT2D eigenvalue weighted by molar-refractivity contribution is 9.10. The summed E-state index contributed by atoms with van der Waals surface area (Å²) in [6.07, 6.45) is 5.05. The van der Waals surface area contributed by atoms with E-state index < -0.39 is 0 Å². The number of aryl methyl sites for hydroxylation is 4. The lowest BCUT2D eigenvalue weighted by Crippen LogP contribution is -2.26. The number of rotatable bonds is 7. The van der Waals surface area contributed by atoms with E-state index >= 15 is 0 Å². The van der Waals surface area contributed by atoms with E-state index in [1.54, 1.807) is 10.9 Å². The van der Waals surface area contributed by atoms with Crippen LogP contribution in [0.15, 0.2) is 16.9 Å². The number of carbonyl (C=O) groups excluding carboxylic acids is 1. The molecule has 0 saturated carbocycles. The van der Waals surface area contributed by atoms with E-state index in [4.69, 9.17) is 0 Å². The van der Waals surface area contributed by atoms with Gasteiger partial charge >= 0.3 is 0 Å². The van der Waals surface area contributed by atoms with Crippen molar-refractivity contribution in [3.05, 3.63) is 33.8 Å². The molecular weight excluding hydrogens is 346 g/mol. The molecule has 0 fully saturated rings. The molecule has 0 spiro atoms. The Bertz CT molecular complexity index is 646. The Morgan fingerprint density at radius 2 is 2.09 bits per heavy atom. The molecule has 1 N–H and O–H groups in total. The average Bonchev–Trinajstić information content (AvgIpc) is 3.01. The quantitative estimate of drug-likeness (QED) is 0.764. The van der Waals surface area contributed by atoms with Gasteiger partial charge < -0.3 is 5.32 Å². The van der Waals surface area contributed by atoms with Gasteiger partial charge in [-0.25, -0.2) is 0 Å². The molecule has 0 atom stereocenters. The number of hydrogen-bond donors (Lipinski definition) is 1. The molecule has 1 amide bonds. The van der Waals surface area contributed by atoms with Gasteiger partial charge in [0.15, 0.2) is 0 Å². The van der Waals surface area contributed by atoms with Crippen LogP contribution in [0.1, 0.15) is 29.8 Å². The number of carbonyl (C=O) groups is 1. The predicted molar refractivity (Wildman–Crippen MR) is 88.6 cm³/mol. The minimum atomic E-state index is 0.0581. The van der Waals surface area contributed by atoms with Crippen LogP contribution in [0, 0.1) is 20.8 Å². The second kappa shape index (κ2) is 7.58. The maximum absolute atomic E-state index is 11.8. The number of hydrogen-bond acceptors (Lipinski definition) is 3. The third kappa shape index (κ3) is 4.43. The van der Waals surface area contributed by atoms with Gasteiger partial charge in [0.2, 0.25) is 5.91 Å². The molecule has 0 unspecified atom stereocenters. The third-order valence-electron chi connectivity index (χ3n) is 3.49. The zero-order valence-corrected chi connectivity index (χ0v) is 14.9. The van der Waals surface area contributed by atoms with Gasteiger partial charge in [0.25, 0.3) is 0 Å². The van der Waals surface area contributed by atoms with Crippen LogP contribution < -0.4 is 5.32 Å². The van der Waals surface area contributed by atoms with Gasteiger partial charge in [-0.3, -0.25) is 14.2 Å². The molecular formula is C15H22BrN5O. The first-order valence-electron chi connectivity index (χ1n) is 7.42. The van der Waals surface area contributed by atoms with Gasteiger partial charge in [0.1, 0.15) is 0 Å². The maximum atomic E-state index is 11.8. The summed E-state index contributed by atoms with van der Waals surface area (Å²) in [5.74, 6) is 0.0581. The molecule has 2 rings (SSSR count). The lowest BCUT2D eigenvalue weighted by atomic mass is 10.3. The van der Waals surface area contributed by atoms with E-state index in [-0.39, 0.29) is 5.91 Å². The van der Waals surface area contributed by atoms with Crippen LogP contribution in [0.3, 0.4) is 0 Å². The summed E-state index contributed by atoms with van der Waals surface area (Å²) in [7, 11) is 0. The zero-order valence-electron chi connectivity index (χ0n) is 13.3. The Morgan fingerprint density at radius 1 is 1.32 bits per heavy atom. The van der Waals surface area contributed by atoms with Gasteiger partial charge in [-0.05, 0) is 48.7 Å². The van der Waals surface area contributed by atoms with Crippen LogP contribution in [0.5, 0.6) is 0 Å². The molecule has 0 radical (unpaired) electrons. The van der Waals surface area contributed by atoms with Crippen molar-refractivity contribution in [2.75, 3.05) is 6.54 Å². The molecule has 0 aromatic carbocycles. The topological polar surface area (TPSA) is 64.7 Å². The molecule has 0 bridgehead atoms. The van der Waals surface area contributed by atoms with Gasteiger partial charge in [-0.15, -0.1) is 0 Å². The van der Waals surface area contributed by atoms with Crippen molar-refractivity contribution >= 4 is 21.8 Å². The summed E-state index contributed by atoms with van der Waals surface area (Å²) >= 11 is 3.52. The van der Waals surface area contributed by atoms with Gasteiger partial charge in [-0.2, -0.15) is 10.2 Å². The molecule has 6 nitrogen and oxygen atoms in total. The number of aromatic nitrogens is 4. The minimum absolute atomic E-state index is 0.0581. The van der Waals surface area contributed by atoms with Crippen molar-refractivity contribution in [2.24, 2.45) is 0 Å². The minimum Gasteiger partial charge on any atom is -0.356 e. The number of amides is 1. The Hall–Kier alpha value is -1.63. The standard InChI is InChI=1S/C15H22BrN5O/c1-11-9-18-20(10-11)8-5-14(22)17-6-4-7-21-13(3)15(16)12(2)19-21/h9-10H,4-8H2,1-3H3,(H,17,22). The van der Waals surface area contributed by atoms with E-state index in [1.165, 1.54) is 0 Å². The summed E-state index contributed by atoms with van der Waals surface area (Å²) in [6, 6.07) is 0. The summed E-state index contributed by atoms with van der Waals surface area (Å²) in [5.41, 5.74) is 3.23. The normalized spacial score (nSPS) is 10.9. The van der Waals surface area contributed by atoms with Crippen molar-refractivity contribution in [3.63, 3.8) is 0 Å². The van der Waals surface area contributed by atoms with E-state index in [9.17, 15) is 4.79 Å². The smallest absolute Gasteiger partial charge is 0.221 e. The van der Waals surface area contributed by atoms with Crippen molar-refractivity contribution < 1.29 is 4.79 Å². The molecule has 0 aliphatic heterocycles. The van der Waals surface area contributed by atoms with Crippen molar-refractivity contribution in [2.45, 2.75) is 46.7 Å². The summed E-state index contributed by atoms with van der Waals surface area (Å²) in [6.45, 7) is 8.08. The molecule has 0 aliphatic carbocycles. The highest BCUT2D eigenvalue weighted by Crippen LogP contribution is 2.19. The molecule has 0 aliphatic rings. The van der Waals surface area contributed by atoms with Crippen molar-refractivity contribution in [1.82, 2.24) is 24.9 Å². The van der Waals surface area contributed by atoms with Gasteiger partial charge in [0.05, 0.1) is 16.4 Å². The first kappa shape index (κ1) is 16.7. The molecule has 22 heavy (non-hydrogen) atoms. The molecule has 2 aromatic heterocycles. The molecule has 2 aromatic rings. The predicted octanol–water partition coefficient (Wildman–Crippen LogP) is 2.36. The van der Waals surface area contributed by atoms with Crippen LogP contribution in [0.2, 0.25) is 0 Å². The fourth-order valence-corrected chi connectivity index (χ4v) is 2.53. The van der Waals surface area contributed by atoms with Crippen molar-refractivity contribution in [1.29, 1.82) is 0 Å². The van der Waals surface area contributed by atoms with Gasteiger partial charge in [-0.1, -0.05) is 0 Å². The second-order valence-corrected chi connectivity index (χ2v) is 6.24. The Balaban J connectivity index is 1.65. The average molecular weight is 368 g/mol. The zero-order chi connectivity index (χ0) is 16.1. The van der Waals surface area contributed by atoms with Crippen LogP contribution in [0.25, 0.3) is 0 Å².